The number of hydrogen-bond acceptors (Lipinski definition) is 3. The van der Waals surface area contributed by atoms with Gasteiger partial charge in [-0.1, -0.05) is 53.9 Å². The molecule has 4 fully saturated rings. The molecule has 0 aromatic carbocycles. The molecule has 4 rings (SSSR count). The van der Waals surface area contributed by atoms with E-state index in [0.717, 1.165) is 37.0 Å². The molecular weight excluding hydrogens is 372 g/mol. The Bertz CT molecular complexity index is 619. The van der Waals surface area contributed by atoms with Crippen molar-refractivity contribution < 1.29 is 15.3 Å². The van der Waals surface area contributed by atoms with Crippen LogP contribution in [0.25, 0.3) is 0 Å². The average molecular weight is 421 g/mol. The first-order valence-corrected chi connectivity index (χ1v) is 13.1. The molecule has 4 aliphatic carbocycles. The van der Waals surface area contributed by atoms with Crippen molar-refractivity contribution in [2.24, 2.45) is 46.3 Å². The van der Waals surface area contributed by atoms with Gasteiger partial charge in [0.25, 0.3) is 0 Å². The third kappa shape index (κ3) is 3.41. The summed E-state index contributed by atoms with van der Waals surface area (Å²) in [6.45, 7) is 12.0. The standard InChI is InChI=1S/C27H48O3/c1-17(2)7-6-8-18(3)21-9-10-22-20-15-24(29)27(30)16-19(28)11-14-26(27,5)23(20)12-13-25(21,22)4/h17-24,28-30H,6-16H2,1-5H3/t18-,19-,20-,21-,22+,23+,24+,25+,26+,27-/m0/s1. The molecule has 3 nitrogen and oxygen atoms in total. The summed E-state index contributed by atoms with van der Waals surface area (Å²) in [5, 5.41) is 33.0. The van der Waals surface area contributed by atoms with Gasteiger partial charge in [0.2, 0.25) is 0 Å². The van der Waals surface area contributed by atoms with Crippen LogP contribution < -0.4 is 0 Å². The highest BCUT2D eigenvalue weighted by Crippen LogP contribution is 2.69. The molecule has 0 radical (unpaired) electrons. The lowest BCUT2D eigenvalue weighted by molar-refractivity contribution is -0.264. The third-order valence-electron chi connectivity index (χ3n) is 11.0. The minimum atomic E-state index is -1.11. The van der Waals surface area contributed by atoms with Crippen LogP contribution in [0.1, 0.15) is 105 Å². The number of rotatable bonds is 5. The zero-order valence-corrected chi connectivity index (χ0v) is 20.2. The van der Waals surface area contributed by atoms with E-state index in [1.807, 2.05) is 0 Å². The maximum atomic E-state index is 11.6. The van der Waals surface area contributed by atoms with Crippen molar-refractivity contribution in [3.8, 4) is 0 Å². The summed E-state index contributed by atoms with van der Waals surface area (Å²) in [6, 6.07) is 0. The Labute approximate surface area is 185 Å². The lowest BCUT2D eigenvalue weighted by Gasteiger charge is -2.65. The van der Waals surface area contributed by atoms with Crippen molar-refractivity contribution in [1.82, 2.24) is 0 Å². The predicted octanol–water partition coefficient (Wildman–Crippen LogP) is 5.55. The normalized spacial score (nSPS) is 51.9. The maximum Gasteiger partial charge on any atom is 0.0985 e. The monoisotopic (exact) mass is 420 g/mol. The van der Waals surface area contributed by atoms with E-state index >= 15 is 0 Å². The number of aliphatic hydroxyl groups excluding tert-OH is 2. The second-order valence-corrected chi connectivity index (χ2v) is 12.9. The molecule has 3 heteroatoms. The molecule has 4 saturated carbocycles. The van der Waals surface area contributed by atoms with Gasteiger partial charge in [0.15, 0.2) is 0 Å². The first-order valence-electron chi connectivity index (χ1n) is 13.1. The fraction of sp³-hybridized carbons (Fsp3) is 1.00. The Morgan fingerprint density at radius 1 is 0.900 bits per heavy atom. The van der Waals surface area contributed by atoms with Crippen LogP contribution in [0.2, 0.25) is 0 Å². The molecule has 0 saturated heterocycles. The van der Waals surface area contributed by atoms with Crippen LogP contribution in [0, 0.1) is 46.3 Å². The summed E-state index contributed by atoms with van der Waals surface area (Å²) in [5.41, 5.74) is -0.962. The average Bonchev–Trinajstić information content (AvgIpc) is 3.01. The Kier molecular flexibility index (Phi) is 6.17. The topological polar surface area (TPSA) is 60.7 Å². The fourth-order valence-electron chi connectivity index (χ4n) is 9.29. The second kappa shape index (κ2) is 8.03. The molecule has 4 aliphatic rings. The molecular formula is C27H48O3. The van der Waals surface area contributed by atoms with E-state index in [1.54, 1.807) is 0 Å². The molecule has 0 aromatic rings. The second-order valence-electron chi connectivity index (χ2n) is 12.9. The van der Waals surface area contributed by atoms with Gasteiger partial charge in [-0.05, 0) is 85.9 Å². The Balaban J connectivity index is 1.53. The molecule has 174 valence electrons. The smallest absolute Gasteiger partial charge is 0.0985 e. The van der Waals surface area contributed by atoms with Crippen LogP contribution >= 0.6 is 0 Å². The highest BCUT2D eigenvalue weighted by atomic mass is 16.3. The van der Waals surface area contributed by atoms with E-state index in [9.17, 15) is 15.3 Å². The van der Waals surface area contributed by atoms with Crippen molar-refractivity contribution >= 4 is 0 Å². The Hall–Kier alpha value is -0.120. The Morgan fingerprint density at radius 3 is 2.33 bits per heavy atom. The highest BCUT2D eigenvalue weighted by molar-refractivity contribution is 5.17. The van der Waals surface area contributed by atoms with E-state index in [4.69, 9.17) is 0 Å². The molecule has 3 N–H and O–H groups in total. The van der Waals surface area contributed by atoms with Gasteiger partial charge in [0.1, 0.15) is 0 Å². The zero-order valence-electron chi connectivity index (χ0n) is 20.2. The summed E-state index contributed by atoms with van der Waals surface area (Å²) >= 11 is 0. The molecule has 0 aliphatic heterocycles. The van der Waals surface area contributed by atoms with E-state index in [1.165, 1.54) is 44.9 Å². The van der Waals surface area contributed by atoms with Crippen LogP contribution in [0.15, 0.2) is 0 Å². The van der Waals surface area contributed by atoms with Crippen LogP contribution in [-0.2, 0) is 0 Å². The fourth-order valence-corrected chi connectivity index (χ4v) is 9.29. The first-order chi connectivity index (χ1) is 14.0. The van der Waals surface area contributed by atoms with E-state index in [-0.39, 0.29) is 5.41 Å². The maximum absolute atomic E-state index is 11.6. The third-order valence-corrected chi connectivity index (χ3v) is 11.0. The summed E-state index contributed by atoms with van der Waals surface area (Å²) in [5.74, 6) is 4.13. The predicted molar refractivity (Wildman–Crippen MR) is 122 cm³/mol. The quantitative estimate of drug-likeness (QED) is 0.546. The van der Waals surface area contributed by atoms with E-state index < -0.39 is 17.8 Å². The van der Waals surface area contributed by atoms with Crippen molar-refractivity contribution in [1.29, 1.82) is 0 Å². The molecule has 30 heavy (non-hydrogen) atoms. The number of fused-ring (bicyclic) bond motifs is 5. The van der Waals surface area contributed by atoms with Crippen LogP contribution in [0.4, 0.5) is 0 Å². The SMILES string of the molecule is CC(C)CCC[C@H](C)[C@@H]1CC[C@@H]2[C@@H]3C[C@@H](O)[C@@]4(O)C[C@@H](O)CC[C@]4(C)[C@@H]3CC[C@@]21C. The van der Waals surface area contributed by atoms with Crippen LogP contribution in [0.3, 0.4) is 0 Å². The van der Waals surface area contributed by atoms with Gasteiger partial charge < -0.3 is 15.3 Å². The summed E-state index contributed by atoms with van der Waals surface area (Å²) < 4.78 is 0. The lowest BCUT2D eigenvalue weighted by Crippen LogP contribution is -2.68. The molecule has 0 bridgehead atoms. The lowest BCUT2D eigenvalue weighted by atomic mass is 9.42. The van der Waals surface area contributed by atoms with Gasteiger partial charge in [0, 0.05) is 11.8 Å². The minimum Gasteiger partial charge on any atom is -0.393 e. The molecule has 0 heterocycles. The highest BCUT2D eigenvalue weighted by Gasteiger charge is 2.67. The number of hydrogen-bond donors (Lipinski definition) is 3. The van der Waals surface area contributed by atoms with E-state index in [2.05, 4.69) is 34.6 Å². The molecule has 0 aromatic heterocycles. The van der Waals surface area contributed by atoms with Crippen LogP contribution in [-0.4, -0.2) is 33.1 Å². The van der Waals surface area contributed by atoms with Gasteiger partial charge in [-0.3, -0.25) is 0 Å². The van der Waals surface area contributed by atoms with Gasteiger partial charge in [-0.15, -0.1) is 0 Å². The van der Waals surface area contributed by atoms with Crippen molar-refractivity contribution in [3.05, 3.63) is 0 Å². The van der Waals surface area contributed by atoms with E-state index in [0.29, 0.717) is 29.6 Å². The Morgan fingerprint density at radius 2 is 1.63 bits per heavy atom. The molecule has 10 atom stereocenters. The van der Waals surface area contributed by atoms with Crippen LogP contribution in [0.5, 0.6) is 0 Å². The largest absolute Gasteiger partial charge is 0.393 e. The molecule has 0 unspecified atom stereocenters. The molecule has 0 spiro atoms. The zero-order chi connectivity index (χ0) is 21.9. The molecule has 0 amide bonds. The summed E-state index contributed by atoms with van der Waals surface area (Å²) in [7, 11) is 0. The van der Waals surface area contributed by atoms with Crippen molar-refractivity contribution in [2.45, 2.75) is 123 Å². The summed E-state index contributed by atoms with van der Waals surface area (Å²) in [6.07, 6.45) is 10.7. The van der Waals surface area contributed by atoms with Crippen molar-refractivity contribution in [3.63, 3.8) is 0 Å². The van der Waals surface area contributed by atoms with Gasteiger partial charge in [-0.2, -0.15) is 0 Å². The number of aliphatic hydroxyl groups is 3. The van der Waals surface area contributed by atoms with Gasteiger partial charge in [0.05, 0.1) is 17.8 Å². The van der Waals surface area contributed by atoms with Gasteiger partial charge >= 0.3 is 0 Å². The summed E-state index contributed by atoms with van der Waals surface area (Å²) in [4.78, 5) is 0. The van der Waals surface area contributed by atoms with Gasteiger partial charge in [-0.25, -0.2) is 0 Å². The minimum absolute atomic E-state index is 0.253. The van der Waals surface area contributed by atoms with Crippen molar-refractivity contribution in [2.75, 3.05) is 0 Å². The first kappa shape index (κ1) is 23.1.